The molecule has 3 aromatic carbocycles. The van der Waals surface area contributed by atoms with Crippen molar-refractivity contribution in [3.8, 4) is 16.9 Å². The number of carbonyl (C=O) groups is 2. The van der Waals surface area contributed by atoms with E-state index in [-0.39, 0.29) is 22.4 Å². The number of halogens is 2. The Morgan fingerprint density at radius 2 is 1.65 bits per heavy atom. The highest BCUT2D eigenvalue weighted by atomic mass is 19.1. The quantitative estimate of drug-likeness (QED) is 0.450. The molecule has 0 atom stereocenters. The molecule has 7 heteroatoms. The molecule has 0 saturated heterocycles. The van der Waals surface area contributed by atoms with Gasteiger partial charge in [-0.25, -0.2) is 13.6 Å². The van der Waals surface area contributed by atoms with Crippen molar-refractivity contribution in [2.24, 2.45) is 0 Å². The number of aromatic carboxylic acids is 1. The summed E-state index contributed by atoms with van der Waals surface area (Å²) in [6.07, 6.45) is 1.83. The number of carboxylic acids is 1. The van der Waals surface area contributed by atoms with Gasteiger partial charge in [0.05, 0.1) is 23.3 Å². The van der Waals surface area contributed by atoms with E-state index in [4.69, 9.17) is 4.74 Å². The Bertz CT molecular complexity index is 1090. The Morgan fingerprint density at radius 1 is 0.968 bits per heavy atom. The highest BCUT2D eigenvalue weighted by Gasteiger charge is 2.18. The zero-order valence-electron chi connectivity index (χ0n) is 16.8. The third-order valence-corrected chi connectivity index (χ3v) is 4.59. The average Bonchev–Trinajstić information content (AvgIpc) is 2.74. The number of benzene rings is 3. The summed E-state index contributed by atoms with van der Waals surface area (Å²) in [5.41, 5.74) is -0.392. The van der Waals surface area contributed by atoms with E-state index < -0.39 is 23.5 Å². The van der Waals surface area contributed by atoms with Crippen molar-refractivity contribution in [2.45, 2.75) is 19.8 Å². The van der Waals surface area contributed by atoms with Gasteiger partial charge in [0, 0.05) is 5.69 Å². The topological polar surface area (TPSA) is 75.6 Å². The van der Waals surface area contributed by atoms with Gasteiger partial charge in [-0.3, -0.25) is 4.79 Å². The van der Waals surface area contributed by atoms with E-state index in [0.717, 1.165) is 25.0 Å². The first-order chi connectivity index (χ1) is 14.9. The Labute approximate surface area is 178 Å². The maximum Gasteiger partial charge on any atom is 0.336 e. The number of nitrogens with one attached hydrogen (secondary N) is 1. The number of carbonyl (C=O) groups excluding carboxylic acids is 1. The lowest BCUT2D eigenvalue weighted by molar-refractivity contribution is 0.0692. The van der Waals surface area contributed by atoms with Crippen LogP contribution in [-0.2, 0) is 0 Å². The lowest BCUT2D eigenvalue weighted by Gasteiger charge is -2.12. The molecular weight excluding hydrogens is 404 g/mol. The molecule has 0 fully saturated rings. The molecule has 0 aliphatic rings. The van der Waals surface area contributed by atoms with Crippen LogP contribution < -0.4 is 10.1 Å². The first-order valence-corrected chi connectivity index (χ1v) is 9.76. The molecule has 0 aliphatic heterocycles. The maximum absolute atomic E-state index is 14.8. The van der Waals surface area contributed by atoms with E-state index in [0.29, 0.717) is 17.9 Å². The molecule has 31 heavy (non-hydrogen) atoms. The van der Waals surface area contributed by atoms with Gasteiger partial charge in [-0.15, -0.1) is 0 Å². The molecule has 2 N–H and O–H groups in total. The van der Waals surface area contributed by atoms with E-state index >= 15 is 0 Å². The van der Waals surface area contributed by atoms with Crippen LogP contribution in [0.3, 0.4) is 0 Å². The van der Waals surface area contributed by atoms with E-state index in [1.54, 1.807) is 24.3 Å². The summed E-state index contributed by atoms with van der Waals surface area (Å²) in [5.74, 6) is -3.29. The second-order valence-corrected chi connectivity index (χ2v) is 6.85. The lowest BCUT2D eigenvalue weighted by Crippen LogP contribution is -2.16. The summed E-state index contributed by atoms with van der Waals surface area (Å²) in [6.45, 7) is 2.54. The monoisotopic (exact) mass is 425 g/mol. The van der Waals surface area contributed by atoms with Gasteiger partial charge in [0.15, 0.2) is 0 Å². The Kier molecular flexibility index (Phi) is 6.97. The number of hydrogen-bond donors (Lipinski definition) is 2. The number of anilines is 1. The molecule has 0 heterocycles. The largest absolute Gasteiger partial charge is 0.494 e. The summed E-state index contributed by atoms with van der Waals surface area (Å²) in [6, 6.07) is 14.0. The third kappa shape index (κ3) is 5.25. The number of hydrogen-bond acceptors (Lipinski definition) is 3. The van der Waals surface area contributed by atoms with Crippen molar-refractivity contribution >= 4 is 17.6 Å². The van der Waals surface area contributed by atoms with Gasteiger partial charge in [0.1, 0.15) is 17.4 Å². The van der Waals surface area contributed by atoms with Gasteiger partial charge >= 0.3 is 5.97 Å². The second kappa shape index (κ2) is 9.84. The minimum absolute atomic E-state index is 0.114. The van der Waals surface area contributed by atoms with Gasteiger partial charge in [-0.1, -0.05) is 37.6 Å². The molecule has 0 spiro atoms. The highest BCUT2D eigenvalue weighted by molar-refractivity contribution is 6.10. The van der Waals surface area contributed by atoms with Crippen LogP contribution in [0.4, 0.5) is 14.5 Å². The number of unbranched alkanes of at least 4 members (excludes halogenated alkanes) is 1. The normalized spacial score (nSPS) is 10.5. The van der Waals surface area contributed by atoms with Crippen LogP contribution in [0.5, 0.6) is 5.75 Å². The summed E-state index contributed by atoms with van der Waals surface area (Å²) < 4.78 is 35.1. The Hall–Kier alpha value is -3.74. The molecule has 0 aliphatic carbocycles. The molecule has 1 amide bonds. The smallest absolute Gasteiger partial charge is 0.336 e. The van der Waals surface area contributed by atoms with Crippen molar-refractivity contribution in [2.75, 3.05) is 11.9 Å². The lowest BCUT2D eigenvalue weighted by atomic mass is 10.0. The summed E-state index contributed by atoms with van der Waals surface area (Å²) >= 11 is 0. The number of carboxylic acid groups (broad SMARTS) is 1. The summed E-state index contributed by atoms with van der Waals surface area (Å²) in [4.78, 5) is 23.7. The Balaban J connectivity index is 1.85. The molecule has 0 bridgehead atoms. The van der Waals surface area contributed by atoms with Gasteiger partial charge in [-0.05, 0) is 48.4 Å². The average molecular weight is 425 g/mol. The second-order valence-electron chi connectivity index (χ2n) is 6.85. The molecule has 0 saturated carbocycles. The van der Waals surface area contributed by atoms with E-state index in [1.807, 2.05) is 6.92 Å². The minimum Gasteiger partial charge on any atom is -0.494 e. The fourth-order valence-electron chi connectivity index (χ4n) is 3.06. The van der Waals surface area contributed by atoms with Crippen molar-refractivity contribution in [3.05, 3.63) is 83.4 Å². The van der Waals surface area contributed by atoms with Crippen molar-refractivity contribution in [1.29, 1.82) is 0 Å². The fourth-order valence-corrected chi connectivity index (χ4v) is 3.06. The van der Waals surface area contributed by atoms with Gasteiger partial charge < -0.3 is 15.2 Å². The first kappa shape index (κ1) is 22.0. The number of rotatable bonds is 8. The van der Waals surface area contributed by atoms with Crippen LogP contribution in [-0.4, -0.2) is 23.6 Å². The molecular formula is C24H21F2NO4. The SMILES string of the molecule is CCCCOc1cccc(-c2c(F)cc(NC(=O)c3ccccc3C(=O)O)cc2F)c1. The van der Waals surface area contributed by atoms with E-state index in [2.05, 4.69) is 5.32 Å². The molecule has 5 nitrogen and oxygen atoms in total. The predicted octanol–water partition coefficient (Wildman–Crippen LogP) is 5.76. The highest BCUT2D eigenvalue weighted by Crippen LogP contribution is 2.31. The van der Waals surface area contributed by atoms with E-state index in [1.165, 1.54) is 24.3 Å². The zero-order chi connectivity index (χ0) is 22.4. The molecule has 160 valence electrons. The maximum atomic E-state index is 14.8. The van der Waals surface area contributed by atoms with Crippen LogP contribution >= 0.6 is 0 Å². The van der Waals surface area contributed by atoms with Crippen LogP contribution in [0.25, 0.3) is 11.1 Å². The minimum atomic E-state index is -1.28. The van der Waals surface area contributed by atoms with Gasteiger partial charge in [0.2, 0.25) is 0 Å². The molecule has 0 radical (unpaired) electrons. The van der Waals surface area contributed by atoms with Crippen molar-refractivity contribution in [1.82, 2.24) is 0 Å². The molecule has 3 rings (SSSR count). The fraction of sp³-hybridized carbons (Fsp3) is 0.167. The zero-order valence-corrected chi connectivity index (χ0v) is 16.8. The number of ether oxygens (including phenoxy) is 1. The number of amides is 1. The summed E-state index contributed by atoms with van der Waals surface area (Å²) in [5, 5.41) is 11.6. The Morgan fingerprint density at radius 3 is 2.29 bits per heavy atom. The van der Waals surface area contributed by atoms with Crippen LogP contribution in [0, 0.1) is 11.6 Å². The third-order valence-electron chi connectivity index (χ3n) is 4.59. The van der Waals surface area contributed by atoms with Crippen LogP contribution in [0.1, 0.15) is 40.5 Å². The van der Waals surface area contributed by atoms with Crippen molar-refractivity contribution in [3.63, 3.8) is 0 Å². The standard InChI is InChI=1S/C24H21F2NO4/c1-2-3-11-31-17-8-6-7-15(12-17)22-20(25)13-16(14-21(22)26)27-23(28)18-9-4-5-10-19(18)24(29)30/h4-10,12-14H,2-3,11H2,1H3,(H,27,28)(H,29,30). The predicted molar refractivity (Wildman–Crippen MR) is 114 cm³/mol. The van der Waals surface area contributed by atoms with Crippen molar-refractivity contribution < 1.29 is 28.2 Å². The van der Waals surface area contributed by atoms with Gasteiger partial charge in [0.25, 0.3) is 5.91 Å². The molecule has 0 unspecified atom stereocenters. The molecule has 0 aromatic heterocycles. The van der Waals surface area contributed by atoms with Crippen LogP contribution in [0.15, 0.2) is 60.7 Å². The molecule has 3 aromatic rings. The van der Waals surface area contributed by atoms with Gasteiger partial charge in [-0.2, -0.15) is 0 Å². The van der Waals surface area contributed by atoms with E-state index in [9.17, 15) is 23.5 Å². The summed E-state index contributed by atoms with van der Waals surface area (Å²) in [7, 11) is 0. The van der Waals surface area contributed by atoms with Crippen LogP contribution in [0.2, 0.25) is 0 Å². The first-order valence-electron chi connectivity index (χ1n) is 9.76.